The van der Waals surface area contributed by atoms with Crippen LogP contribution < -0.4 is 15.0 Å². The minimum Gasteiger partial charge on any atom is -0.497 e. The van der Waals surface area contributed by atoms with Crippen LogP contribution in [0.2, 0.25) is 0 Å². The molecule has 0 aromatic heterocycles. The maximum Gasteiger partial charge on any atom is 0.306 e. The van der Waals surface area contributed by atoms with E-state index in [-0.39, 0.29) is 36.6 Å². The zero-order valence-corrected chi connectivity index (χ0v) is 18.7. The van der Waals surface area contributed by atoms with Gasteiger partial charge < -0.3 is 25.0 Å². The lowest BCUT2D eigenvalue weighted by Gasteiger charge is -2.34. The Morgan fingerprint density at radius 1 is 1.09 bits per heavy atom. The van der Waals surface area contributed by atoms with Crippen LogP contribution in [0.15, 0.2) is 24.3 Å². The molecule has 2 aliphatic heterocycles. The second-order valence-electron chi connectivity index (χ2n) is 8.77. The highest BCUT2D eigenvalue weighted by molar-refractivity contribution is 6.01. The predicted octanol–water partition coefficient (Wildman–Crippen LogP) is 1.51. The number of likely N-dealkylation sites (tertiary alicyclic amines) is 1. The van der Waals surface area contributed by atoms with Crippen LogP contribution in [0.1, 0.15) is 33.1 Å². The van der Waals surface area contributed by atoms with E-state index in [0.717, 1.165) is 0 Å². The van der Waals surface area contributed by atoms with E-state index < -0.39 is 23.8 Å². The Labute approximate surface area is 187 Å². The van der Waals surface area contributed by atoms with E-state index in [4.69, 9.17) is 9.84 Å². The van der Waals surface area contributed by atoms with Gasteiger partial charge in [-0.3, -0.25) is 19.2 Å². The van der Waals surface area contributed by atoms with Gasteiger partial charge in [-0.25, -0.2) is 0 Å². The van der Waals surface area contributed by atoms with Crippen LogP contribution in [0.5, 0.6) is 5.75 Å². The van der Waals surface area contributed by atoms with Gasteiger partial charge >= 0.3 is 5.97 Å². The monoisotopic (exact) mass is 445 g/mol. The molecule has 9 nitrogen and oxygen atoms in total. The lowest BCUT2D eigenvalue weighted by molar-refractivity contribution is -0.146. The van der Waals surface area contributed by atoms with E-state index in [0.29, 0.717) is 37.4 Å². The van der Waals surface area contributed by atoms with E-state index >= 15 is 0 Å². The first kappa shape index (κ1) is 23.6. The molecule has 2 fully saturated rings. The van der Waals surface area contributed by atoms with Crippen LogP contribution in [0, 0.1) is 17.8 Å². The molecule has 0 spiro atoms. The first-order valence-corrected chi connectivity index (χ1v) is 11.0. The minimum absolute atomic E-state index is 0.0842. The van der Waals surface area contributed by atoms with E-state index in [1.807, 2.05) is 13.8 Å². The average Bonchev–Trinajstić information content (AvgIpc) is 3.18. The van der Waals surface area contributed by atoms with Gasteiger partial charge in [0.25, 0.3) is 0 Å². The summed E-state index contributed by atoms with van der Waals surface area (Å²) in [6.45, 7) is 4.69. The molecule has 0 bridgehead atoms. The number of rotatable bonds is 7. The smallest absolute Gasteiger partial charge is 0.306 e. The summed E-state index contributed by atoms with van der Waals surface area (Å²) < 4.78 is 5.14. The second kappa shape index (κ2) is 10.0. The predicted molar refractivity (Wildman–Crippen MR) is 117 cm³/mol. The molecule has 2 aliphatic rings. The summed E-state index contributed by atoms with van der Waals surface area (Å²) in [4.78, 5) is 52.9. The van der Waals surface area contributed by atoms with Crippen molar-refractivity contribution < 1.29 is 29.0 Å². The molecule has 9 heteroatoms. The van der Waals surface area contributed by atoms with Gasteiger partial charge in [0.1, 0.15) is 11.8 Å². The maximum absolute atomic E-state index is 13.1. The zero-order chi connectivity index (χ0) is 23.4. The summed E-state index contributed by atoms with van der Waals surface area (Å²) in [5.41, 5.74) is 0.698. The summed E-state index contributed by atoms with van der Waals surface area (Å²) in [6, 6.07) is 6.36. The van der Waals surface area contributed by atoms with E-state index in [9.17, 15) is 19.2 Å². The van der Waals surface area contributed by atoms with Crippen molar-refractivity contribution in [1.82, 2.24) is 10.2 Å². The summed E-state index contributed by atoms with van der Waals surface area (Å²) in [5, 5.41) is 12.0. The molecule has 3 rings (SSSR count). The van der Waals surface area contributed by atoms with Crippen molar-refractivity contribution in [3.8, 4) is 5.75 Å². The molecule has 0 unspecified atom stereocenters. The Balaban J connectivity index is 1.61. The van der Waals surface area contributed by atoms with Gasteiger partial charge in [0.2, 0.25) is 17.7 Å². The number of methoxy groups -OCH3 is 1. The molecular weight excluding hydrogens is 414 g/mol. The number of benzene rings is 1. The molecule has 1 aromatic rings. The molecule has 0 saturated carbocycles. The number of amides is 3. The first-order valence-electron chi connectivity index (χ1n) is 11.0. The molecule has 2 N–H and O–H groups in total. The van der Waals surface area contributed by atoms with Crippen LogP contribution in [-0.2, 0) is 19.2 Å². The third kappa shape index (κ3) is 5.20. The normalized spacial score (nSPS) is 20.4. The molecule has 2 saturated heterocycles. The van der Waals surface area contributed by atoms with Crippen molar-refractivity contribution in [3.63, 3.8) is 0 Å². The van der Waals surface area contributed by atoms with Crippen LogP contribution in [0.4, 0.5) is 5.69 Å². The van der Waals surface area contributed by atoms with Crippen LogP contribution >= 0.6 is 0 Å². The van der Waals surface area contributed by atoms with Crippen LogP contribution in [0.25, 0.3) is 0 Å². The molecule has 2 heterocycles. The fourth-order valence-electron chi connectivity index (χ4n) is 4.22. The van der Waals surface area contributed by atoms with Crippen LogP contribution in [-0.4, -0.2) is 66.5 Å². The molecule has 0 aliphatic carbocycles. The highest BCUT2D eigenvalue weighted by atomic mass is 16.5. The quantitative estimate of drug-likeness (QED) is 0.657. The standard InChI is InChI=1S/C23H31N3O6/c1-14(2)20(22(29)25-10-8-15(9-11-25)23(30)31)24-21(28)16-12-19(27)26(13-16)17-4-6-18(32-3)7-5-17/h4-7,14-16,20H,8-13H2,1-3H3,(H,24,28)(H,30,31)/t16-,20+/m1/s1. The number of ether oxygens (including phenoxy) is 1. The van der Waals surface area contributed by atoms with E-state index in [2.05, 4.69) is 5.32 Å². The topological polar surface area (TPSA) is 116 Å². The summed E-state index contributed by atoms with van der Waals surface area (Å²) in [7, 11) is 1.57. The van der Waals surface area contributed by atoms with Gasteiger partial charge in [-0.05, 0) is 43.0 Å². The Morgan fingerprint density at radius 3 is 2.25 bits per heavy atom. The summed E-state index contributed by atoms with van der Waals surface area (Å²) in [6.07, 6.45) is 0.905. The third-order valence-electron chi connectivity index (χ3n) is 6.27. The van der Waals surface area contributed by atoms with Gasteiger partial charge in [0.05, 0.1) is 18.9 Å². The summed E-state index contributed by atoms with van der Waals surface area (Å²) in [5.74, 6) is -1.93. The molecule has 1 aromatic carbocycles. The fourth-order valence-corrected chi connectivity index (χ4v) is 4.22. The number of piperidine rings is 1. The van der Waals surface area contributed by atoms with Crippen molar-refractivity contribution in [2.45, 2.75) is 39.2 Å². The van der Waals surface area contributed by atoms with Gasteiger partial charge in [0.15, 0.2) is 0 Å². The Bertz CT molecular complexity index is 861. The Morgan fingerprint density at radius 2 is 1.72 bits per heavy atom. The average molecular weight is 446 g/mol. The maximum atomic E-state index is 13.1. The second-order valence-corrected chi connectivity index (χ2v) is 8.77. The molecule has 174 valence electrons. The number of anilines is 1. The van der Waals surface area contributed by atoms with Crippen molar-refractivity contribution in [2.24, 2.45) is 17.8 Å². The van der Waals surface area contributed by atoms with Crippen LogP contribution in [0.3, 0.4) is 0 Å². The third-order valence-corrected chi connectivity index (χ3v) is 6.27. The molecule has 32 heavy (non-hydrogen) atoms. The van der Waals surface area contributed by atoms with Gasteiger partial charge in [0, 0.05) is 31.7 Å². The first-order chi connectivity index (χ1) is 15.2. The molecule has 2 atom stereocenters. The van der Waals surface area contributed by atoms with Crippen molar-refractivity contribution in [1.29, 1.82) is 0 Å². The number of carbonyl (C=O) groups excluding carboxylic acids is 3. The highest BCUT2D eigenvalue weighted by Gasteiger charge is 2.38. The Hall–Kier alpha value is -3.10. The van der Waals surface area contributed by atoms with Gasteiger partial charge in [-0.15, -0.1) is 0 Å². The fraction of sp³-hybridized carbons (Fsp3) is 0.565. The van der Waals surface area contributed by atoms with Crippen molar-refractivity contribution >= 4 is 29.4 Å². The number of carbonyl (C=O) groups is 4. The van der Waals surface area contributed by atoms with Crippen molar-refractivity contribution in [3.05, 3.63) is 24.3 Å². The highest BCUT2D eigenvalue weighted by Crippen LogP contribution is 2.27. The van der Waals surface area contributed by atoms with Crippen molar-refractivity contribution in [2.75, 3.05) is 31.6 Å². The SMILES string of the molecule is COc1ccc(N2C[C@H](C(=O)N[C@H](C(=O)N3CCC(C(=O)O)CC3)C(C)C)CC2=O)cc1. The number of nitrogens with zero attached hydrogens (tertiary/aromatic N) is 2. The number of hydrogen-bond acceptors (Lipinski definition) is 5. The van der Waals surface area contributed by atoms with E-state index in [1.54, 1.807) is 41.2 Å². The number of aliphatic carboxylic acids is 1. The molecule has 0 radical (unpaired) electrons. The number of carboxylic acids is 1. The van der Waals surface area contributed by atoms with Gasteiger partial charge in [-0.2, -0.15) is 0 Å². The minimum atomic E-state index is -0.835. The number of carboxylic acid groups (broad SMARTS) is 1. The largest absolute Gasteiger partial charge is 0.497 e. The van der Waals surface area contributed by atoms with E-state index in [1.165, 1.54) is 0 Å². The number of nitrogens with one attached hydrogen (secondary N) is 1. The lowest BCUT2D eigenvalue weighted by Crippen LogP contribution is -2.54. The Kier molecular flexibility index (Phi) is 7.37. The van der Waals surface area contributed by atoms with Gasteiger partial charge in [-0.1, -0.05) is 13.8 Å². The molecular formula is C23H31N3O6. The summed E-state index contributed by atoms with van der Waals surface area (Å²) >= 11 is 0. The zero-order valence-electron chi connectivity index (χ0n) is 18.7. The molecule has 3 amide bonds. The number of hydrogen-bond donors (Lipinski definition) is 2. The lowest BCUT2D eigenvalue weighted by atomic mass is 9.95.